The Morgan fingerprint density at radius 1 is 1.18 bits per heavy atom. The minimum atomic E-state index is 0.322. The molecular formula is C22H28ClN3O2. The number of aromatic nitrogens is 1. The zero-order valence-corrected chi connectivity index (χ0v) is 17.2. The number of carbonyl (C=O) groups excluding carboxylic acids is 1. The lowest BCUT2D eigenvalue weighted by molar-refractivity contribution is -0.127. The monoisotopic (exact) mass is 401 g/mol. The van der Waals surface area contributed by atoms with Crippen molar-refractivity contribution in [3.63, 3.8) is 0 Å². The molecule has 0 spiro atoms. The van der Waals surface area contributed by atoms with Crippen molar-refractivity contribution >= 4 is 17.5 Å². The molecule has 28 heavy (non-hydrogen) atoms. The van der Waals surface area contributed by atoms with E-state index in [-0.39, 0.29) is 0 Å². The predicted octanol–water partition coefficient (Wildman–Crippen LogP) is 4.67. The molecule has 2 saturated heterocycles. The standard InChI is InChI=1S/C22H28ClN3O2/c1-16-20(24-22(28-16)17-7-9-18(23)10-8-17)15-26-12-3-2-5-19(26)11-14-25-13-4-6-21(25)27/h7-10,19H,2-6,11-15H2,1H3/t19-/m0/s1. The van der Waals surface area contributed by atoms with E-state index in [2.05, 4.69) is 4.90 Å². The summed E-state index contributed by atoms with van der Waals surface area (Å²) in [6.45, 7) is 5.69. The number of benzene rings is 1. The number of nitrogens with zero attached hydrogens (tertiary/aromatic N) is 3. The Labute approximate surface area is 171 Å². The fourth-order valence-corrected chi connectivity index (χ4v) is 4.45. The van der Waals surface area contributed by atoms with Crippen molar-refractivity contribution in [1.29, 1.82) is 0 Å². The summed E-state index contributed by atoms with van der Waals surface area (Å²) in [6, 6.07) is 8.10. The maximum absolute atomic E-state index is 11.9. The van der Waals surface area contributed by atoms with Crippen LogP contribution in [-0.2, 0) is 11.3 Å². The van der Waals surface area contributed by atoms with E-state index in [0.29, 0.717) is 22.9 Å². The predicted molar refractivity (Wildman–Crippen MR) is 110 cm³/mol. The molecule has 1 aromatic carbocycles. The van der Waals surface area contributed by atoms with Gasteiger partial charge in [-0.3, -0.25) is 9.69 Å². The average molecular weight is 402 g/mol. The Morgan fingerprint density at radius 3 is 2.75 bits per heavy atom. The van der Waals surface area contributed by atoms with Crippen LogP contribution in [0.5, 0.6) is 0 Å². The summed E-state index contributed by atoms with van der Waals surface area (Å²) in [7, 11) is 0. The molecule has 1 amide bonds. The third-order valence-corrected chi connectivity index (χ3v) is 6.24. The molecule has 2 fully saturated rings. The van der Waals surface area contributed by atoms with E-state index in [1.807, 2.05) is 36.1 Å². The van der Waals surface area contributed by atoms with Gasteiger partial charge in [-0.2, -0.15) is 0 Å². The quantitative estimate of drug-likeness (QED) is 0.705. The maximum atomic E-state index is 11.9. The van der Waals surface area contributed by atoms with E-state index >= 15 is 0 Å². The van der Waals surface area contributed by atoms with Gasteiger partial charge >= 0.3 is 0 Å². The highest BCUT2D eigenvalue weighted by Gasteiger charge is 2.27. The number of hydrogen-bond donors (Lipinski definition) is 0. The molecule has 0 saturated carbocycles. The lowest BCUT2D eigenvalue weighted by atomic mass is 9.98. The SMILES string of the molecule is Cc1oc(-c2ccc(Cl)cc2)nc1CN1CCCC[C@H]1CCN1CCCC1=O. The first-order chi connectivity index (χ1) is 13.6. The molecule has 3 heterocycles. The van der Waals surface area contributed by atoms with Gasteiger partial charge in [0.05, 0.1) is 5.69 Å². The van der Waals surface area contributed by atoms with Crippen LogP contribution in [0.25, 0.3) is 11.5 Å². The molecule has 0 radical (unpaired) electrons. The molecule has 2 aliphatic heterocycles. The molecule has 5 nitrogen and oxygen atoms in total. The van der Waals surface area contributed by atoms with Crippen molar-refractivity contribution in [3.8, 4) is 11.5 Å². The zero-order valence-electron chi connectivity index (χ0n) is 16.5. The van der Waals surface area contributed by atoms with E-state index in [9.17, 15) is 4.79 Å². The van der Waals surface area contributed by atoms with E-state index in [4.69, 9.17) is 21.0 Å². The average Bonchev–Trinajstić information content (AvgIpc) is 3.27. The number of piperidine rings is 1. The summed E-state index contributed by atoms with van der Waals surface area (Å²) in [4.78, 5) is 21.2. The van der Waals surface area contributed by atoms with Crippen molar-refractivity contribution in [2.45, 2.75) is 58.0 Å². The maximum Gasteiger partial charge on any atom is 0.226 e. The van der Waals surface area contributed by atoms with Crippen molar-refractivity contribution in [2.24, 2.45) is 0 Å². The van der Waals surface area contributed by atoms with E-state index in [1.165, 1.54) is 19.3 Å². The van der Waals surface area contributed by atoms with Gasteiger partial charge in [-0.05, 0) is 63.4 Å². The number of carbonyl (C=O) groups is 1. The van der Waals surface area contributed by atoms with Gasteiger partial charge in [0.25, 0.3) is 0 Å². The number of likely N-dealkylation sites (tertiary alicyclic amines) is 2. The van der Waals surface area contributed by atoms with Crippen LogP contribution in [0.1, 0.15) is 50.0 Å². The van der Waals surface area contributed by atoms with E-state index < -0.39 is 0 Å². The largest absolute Gasteiger partial charge is 0.441 e. The summed E-state index contributed by atoms with van der Waals surface area (Å²) in [6.07, 6.45) is 6.47. The van der Waals surface area contributed by atoms with Crippen molar-refractivity contribution < 1.29 is 9.21 Å². The first-order valence-corrected chi connectivity index (χ1v) is 10.7. The Kier molecular flexibility index (Phi) is 6.02. The minimum absolute atomic E-state index is 0.322. The third kappa shape index (κ3) is 4.41. The Hall–Kier alpha value is -1.85. The van der Waals surface area contributed by atoms with Crippen LogP contribution in [0.3, 0.4) is 0 Å². The van der Waals surface area contributed by atoms with Crippen LogP contribution in [0.2, 0.25) is 5.02 Å². The van der Waals surface area contributed by atoms with Crippen LogP contribution in [0.15, 0.2) is 28.7 Å². The number of rotatable bonds is 6. The normalized spacial score (nSPS) is 20.9. The van der Waals surface area contributed by atoms with Crippen LogP contribution in [0, 0.1) is 6.92 Å². The molecule has 0 bridgehead atoms. The number of oxazole rings is 1. The molecular weight excluding hydrogens is 374 g/mol. The number of halogens is 1. The van der Waals surface area contributed by atoms with Gasteiger partial charge in [-0.1, -0.05) is 18.0 Å². The molecule has 4 rings (SSSR count). The second-order valence-electron chi connectivity index (χ2n) is 7.92. The molecule has 2 aliphatic rings. The molecule has 0 N–H and O–H groups in total. The van der Waals surface area contributed by atoms with Crippen molar-refractivity contribution in [2.75, 3.05) is 19.6 Å². The van der Waals surface area contributed by atoms with Crippen LogP contribution in [0.4, 0.5) is 0 Å². The second kappa shape index (κ2) is 8.66. The van der Waals surface area contributed by atoms with Gasteiger partial charge in [-0.15, -0.1) is 0 Å². The topological polar surface area (TPSA) is 49.6 Å². The Morgan fingerprint density at radius 2 is 2.00 bits per heavy atom. The zero-order chi connectivity index (χ0) is 19.5. The molecule has 0 unspecified atom stereocenters. The summed E-state index contributed by atoms with van der Waals surface area (Å²) < 4.78 is 5.94. The van der Waals surface area contributed by atoms with Crippen molar-refractivity contribution in [1.82, 2.24) is 14.8 Å². The van der Waals surface area contributed by atoms with Gasteiger partial charge < -0.3 is 9.32 Å². The number of aryl methyl sites for hydroxylation is 1. The number of hydrogen-bond acceptors (Lipinski definition) is 4. The molecule has 150 valence electrons. The molecule has 0 aliphatic carbocycles. The van der Waals surface area contributed by atoms with Gasteiger partial charge in [-0.25, -0.2) is 4.98 Å². The molecule has 2 aromatic rings. The first kappa shape index (κ1) is 19.5. The summed E-state index contributed by atoms with van der Waals surface area (Å²) in [5.41, 5.74) is 1.95. The molecule has 6 heteroatoms. The molecule has 1 atom stereocenters. The first-order valence-electron chi connectivity index (χ1n) is 10.3. The van der Waals surface area contributed by atoms with E-state index in [0.717, 1.165) is 62.5 Å². The fourth-order valence-electron chi connectivity index (χ4n) is 4.32. The molecule has 1 aromatic heterocycles. The summed E-state index contributed by atoms with van der Waals surface area (Å²) >= 11 is 5.98. The van der Waals surface area contributed by atoms with Gasteiger partial charge in [0.2, 0.25) is 11.8 Å². The van der Waals surface area contributed by atoms with E-state index in [1.54, 1.807) is 0 Å². The lowest BCUT2D eigenvalue weighted by Crippen LogP contribution is -2.41. The highest BCUT2D eigenvalue weighted by atomic mass is 35.5. The van der Waals surface area contributed by atoms with Gasteiger partial charge in [0.15, 0.2) is 0 Å². The van der Waals surface area contributed by atoms with Crippen LogP contribution < -0.4 is 0 Å². The van der Waals surface area contributed by atoms with Crippen LogP contribution >= 0.6 is 11.6 Å². The summed E-state index contributed by atoms with van der Waals surface area (Å²) in [5.74, 6) is 1.85. The van der Waals surface area contributed by atoms with Gasteiger partial charge in [0, 0.05) is 42.7 Å². The van der Waals surface area contributed by atoms with Crippen LogP contribution in [-0.4, -0.2) is 46.4 Å². The summed E-state index contributed by atoms with van der Waals surface area (Å²) in [5, 5.41) is 0.708. The smallest absolute Gasteiger partial charge is 0.226 e. The number of amides is 1. The minimum Gasteiger partial charge on any atom is -0.441 e. The van der Waals surface area contributed by atoms with Crippen molar-refractivity contribution in [3.05, 3.63) is 40.7 Å². The fraction of sp³-hybridized carbons (Fsp3) is 0.545. The highest BCUT2D eigenvalue weighted by Crippen LogP contribution is 2.27. The Balaban J connectivity index is 1.42. The third-order valence-electron chi connectivity index (χ3n) is 5.99. The lowest BCUT2D eigenvalue weighted by Gasteiger charge is -2.36. The second-order valence-corrected chi connectivity index (χ2v) is 8.36. The Bertz CT molecular complexity index is 818. The van der Waals surface area contributed by atoms with Gasteiger partial charge in [0.1, 0.15) is 5.76 Å². The highest BCUT2D eigenvalue weighted by molar-refractivity contribution is 6.30.